The second-order valence-corrected chi connectivity index (χ2v) is 12.8. The number of nitrogens with one attached hydrogen (secondary N) is 2. The van der Waals surface area contributed by atoms with Crippen LogP contribution in [0.25, 0.3) is 5.32 Å². The van der Waals surface area contributed by atoms with Gasteiger partial charge in [-0.25, -0.2) is 0 Å². The normalized spacial score (nSPS) is 20.8. The van der Waals surface area contributed by atoms with Crippen LogP contribution in [-0.4, -0.2) is 32.7 Å². The molecule has 1 unspecified atom stereocenters. The van der Waals surface area contributed by atoms with Crippen LogP contribution in [0.2, 0.25) is 0 Å². The molecule has 1 saturated heterocycles. The number of hydrogen-bond donors (Lipinski definition) is 2. The maximum atomic E-state index is 4.97. The standard InChI is InChI=1S/C15H24N3.3ClH.Ti/c1-2-6-14(7-3-1)15-8-13-17-10-4-9-16-11-5-12-18-15;;;;/h1-3,6-7,15-17H,4-5,8-13H2;3*1H;/q-1;;;;+4/p-3. The SMILES string of the molecule is [Cl][Ti+]([Cl])[Cl].c1ccc(C2CCNCCCNCCC[N-]2)cc1. The van der Waals surface area contributed by atoms with Crippen LogP contribution in [0.15, 0.2) is 30.3 Å². The molecule has 0 aliphatic carbocycles. The fraction of sp³-hybridized carbons (Fsp3) is 0.600. The van der Waals surface area contributed by atoms with E-state index in [0.29, 0.717) is 6.04 Å². The predicted molar refractivity (Wildman–Crippen MR) is 94.6 cm³/mol. The van der Waals surface area contributed by atoms with E-state index in [1.807, 2.05) is 0 Å². The summed E-state index contributed by atoms with van der Waals surface area (Å²) in [5.41, 5.74) is 1.35. The monoisotopic (exact) mass is 399 g/mol. The summed E-state index contributed by atoms with van der Waals surface area (Å²) >= 11 is -1.92. The van der Waals surface area contributed by atoms with E-state index >= 15 is 0 Å². The Balaban J connectivity index is 0.000000541. The van der Waals surface area contributed by atoms with Crippen LogP contribution in [0.3, 0.4) is 0 Å². The molecule has 1 atom stereocenters. The largest absolute Gasteiger partial charge is 0.656 e. The minimum absolute atomic E-state index is 0.359. The molecule has 124 valence electrons. The smallest absolute Gasteiger partial charge is 0.00368 e. The molecule has 2 N–H and O–H groups in total. The Labute approximate surface area is 151 Å². The summed E-state index contributed by atoms with van der Waals surface area (Å²) in [6.07, 6.45) is 3.47. The third-order valence-electron chi connectivity index (χ3n) is 3.35. The van der Waals surface area contributed by atoms with Crippen molar-refractivity contribution in [1.29, 1.82) is 0 Å². The number of nitrogens with zero attached hydrogens (tertiary/aromatic N) is 1. The van der Waals surface area contributed by atoms with Gasteiger partial charge in [-0.05, 0) is 32.6 Å². The van der Waals surface area contributed by atoms with Gasteiger partial charge in [-0.2, -0.15) is 0 Å². The molecule has 22 heavy (non-hydrogen) atoms. The summed E-state index contributed by atoms with van der Waals surface area (Å²) in [4.78, 5) is 0. The van der Waals surface area contributed by atoms with Gasteiger partial charge in [-0.1, -0.05) is 48.7 Å². The van der Waals surface area contributed by atoms with Crippen molar-refractivity contribution in [2.24, 2.45) is 0 Å². The molecular formula is C15H24Cl3N3Ti. The first-order chi connectivity index (χ1) is 10.7. The molecule has 1 aliphatic heterocycles. The van der Waals surface area contributed by atoms with Crippen LogP contribution >= 0.6 is 27.9 Å². The molecule has 1 aromatic carbocycles. The van der Waals surface area contributed by atoms with Crippen molar-refractivity contribution in [1.82, 2.24) is 10.6 Å². The van der Waals surface area contributed by atoms with Crippen LogP contribution in [0.4, 0.5) is 0 Å². The molecule has 1 aromatic rings. The van der Waals surface area contributed by atoms with Crippen LogP contribution in [0, 0.1) is 0 Å². The molecule has 0 saturated carbocycles. The number of hydrogen-bond acceptors (Lipinski definition) is 2. The summed E-state index contributed by atoms with van der Waals surface area (Å²) in [6, 6.07) is 11.0. The molecule has 1 aliphatic rings. The van der Waals surface area contributed by atoms with E-state index in [4.69, 9.17) is 33.2 Å². The summed E-state index contributed by atoms with van der Waals surface area (Å²) in [7, 11) is 14.9. The topological polar surface area (TPSA) is 38.2 Å². The third-order valence-corrected chi connectivity index (χ3v) is 3.35. The van der Waals surface area contributed by atoms with Crippen LogP contribution in [-0.2, 0) is 14.7 Å². The van der Waals surface area contributed by atoms with Crippen molar-refractivity contribution in [3.8, 4) is 0 Å². The van der Waals surface area contributed by atoms with Gasteiger partial charge in [-0.15, -0.1) is 12.6 Å². The average molecular weight is 401 g/mol. The Morgan fingerprint density at radius 1 is 0.909 bits per heavy atom. The van der Waals surface area contributed by atoms with Crippen molar-refractivity contribution < 1.29 is 14.7 Å². The summed E-state index contributed by atoms with van der Waals surface area (Å²) in [5, 5.41) is 11.8. The number of rotatable bonds is 1. The minimum atomic E-state index is -1.92. The predicted octanol–water partition coefficient (Wildman–Crippen LogP) is 4.53. The second-order valence-electron chi connectivity index (χ2n) is 5.04. The summed E-state index contributed by atoms with van der Waals surface area (Å²) in [6.45, 7) is 5.34. The molecule has 0 bridgehead atoms. The van der Waals surface area contributed by atoms with E-state index in [1.54, 1.807) is 0 Å². The summed E-state index contributed by atoms with van der Waals surface area (Å²) < 4.78 is 0. The maximum absolute atomic E-state index is 4.97. The van der Waals surface area contributed by atoms with Gasteiger partial charge in [0.05, 0.1) is 0 Å². The minimum Gasteiger partial charge on any atom is -0.656 e. The van der Waals surface area contributed by atoms with Gasteiger partial charge in [-0.3, -0.25) is 0 Å². The summed E-state index contributed by atoms with van der Waals surface area (Å²) in [5.74, 6) is 0. The van der Waals surface area contributed by atoms with Crippen LogP contribution in [0.1, 0.15) is 30.9 Å². The van der Waals surface area contributed by atoms with E-state index in [2.05, 4.69) is 41.0 Å². The van der Waals surface area contributed by atoms with E-state index in [9.17, 15) is 0 Å². The van der Waals surface area contributed by atoms with Gasteiger partial charge in [0.25, 0.3) is 0 Å². The van der Waals surface area contributed by atoms with E-state index in [0.717, 1.165) is 45.6 Å². The van der Waals surface area contributed by atoms with E-state index in [-0.39, 0.29) is 0 Å². The maximum Gasteiger partial charge on any atom is -0.00368 e. The molecular weight excluding hydrogens is 376 g/mol. The molecule has 0 spiro atoms. The zero-order chi connectivity index (χ0) is 16.0. The van der Waals surface area contributed by atoms with Gasteiger partial charge in [0.1, 0.15) is 0 Å². The molecule has 1 heterocycles. The molecule has 2 rings (SSSR count). The first-order valence-electron chi connectivity index (χ1n) is 7.66. The first kappa shape index (κ1) is 20.7. The Kier molecular flexibility index (Phi) is 13.3. The number of halogens is 3. The van der Waals surface area contributed by atoms with Gasteiger partial charge < -0.3 is 16.0 Å². The van der Waals surface area contributed by atoms with Gasteiger partial charge in [0.2, 0.25) is 0 Å². The van der Waals surface area contributed by atoms with Crippen molar-refractivity contribution in [2.45, 2.75) is 25.3 Å². The fourth-order valence-electron chi connectivity index (χ4n) is 2.32. The van der Waals surface area contributed by atoms with Crippen molar-refractivity contribution >= 4 is 27.9 Å². The van der Waals surface area contributed by atoms with Crippen molar-refractivity contribution in [3.63, 3.8) is 0 Å². The van der Waals surface area contributed by atoms with Gasteiger partial charge in [0, 0.05) is 0 Å². The average Bonchev–Trinajstić information content (AvgIpc) is 2.48. The van der Waals surface area contributed by atoms with Gasteiger partial charge in [0.15, 0.2) is 0 Å². The molecule has 0 amide bonds. The first-order valence-corrected chi connectivity index (χ1v) is 14.1. The fourth-order valence-corrected chi connectivity index (χ4v) is 2.32. The van der Waals surface area contributed by atoms with E-state index < -0.39 is 14.7 Å². The van der Waals surface area contributed by atoms with E-state index in [1.165, 1.54) is 12.0 Å². The Morgan fingerprint density at radius 3 is 2.18 bits per heavy atom. The zero-order valence-electron chi connectivity index (χ0n) is 12.7. The van der Waals surface area contributed by atoms with Crippen molar-refractivity contribution in [2.75, 3.05) is 32.7 Å². The molecule has 7 heteroatoms. The Hall–Kier alpha value is 0.684. The second kappa shape index (κ2) is 14.1. The quantitative estimate of drug-likeness (QED) is 0.680. The number of benzene rings is 1. The van der Waals surface area contributed by atoms with Gasteiger partial charge >= 0.3 is 42.6 Å². The molecule has 0 aromatic heterocycles. The Bertz CT molecular complexity index is 354. The Morgan fingerprint density at radius 2 is 1.50 bits per heavy atom. The van der Waals surface area contributed by atoms with Crippen molar-refractivity contribution in [3.05, 3.63) is 41.2 Å². The third kappa shape index (κ3) is 11.3. The molecule has 1 fully saturated rings. The van der Waals surface area contributed by atoms with Crippen LogP contribution in [0.5, 0.6) is 0 Å². The van der Waals surface area contributed by atoms with Crippen LogP contribution < -0.4 is 10.6 Å². The molecule has 0 radical (unpaired) electrons. The zero-order valence-corrected chi connectivity index (χ0v) is 16.5. The molecule has 3 nitrogen and oxygen atoms in total.